The van der Waals surface area contributed by atoms with Crippen LogP contribution >= 0.6 is 0 Å². The first-order chi connectivity index (χ1) is 6.34. The van der Waals surface area contributed by atoms with Crippen molar-refractivity contribution < 1.29 is 5.11 Å². The van der Waals surface area contributed by atoms with E-state index in [-0.39, 0.29) is 6.10 Å². The molecule has 3 nitrogen and oxygen atoms in total. The Morgan fingerprint density at radius 1 is 1.31 bits per heavy atom. The van der Waals surface area contributed by atoms with Gasteiger partial charge in [0.05, 0.1) is 6.10 Å². The fourth-order valence-corrected chi connectivity index (χ4v) is 1.24. The predicted molar refractivity (Wildman–Crippen MR) is 52.8 cm³/mol. The highest BCUT2D eigenvalue weighted by Crippen LogP contribution is 2.16. The van der Waals surface area contributed by atoms with Gasteiger partial charge in [0.15, 0.2) is 0 Å². The second kappa shape index (κ2) is 5.70. The zero-order valence-corrected chi connectivity index (χ0v) is 7.61. The van der Waals surface area contributed by atoms with Gasteiger partial charge in [0.1, 0.15) is 0 Å². The van der Waals surface area contributed by atoms with E-state index in [2.05, 4.69) is 5.43 Å². The van der Waals surface area contributed by atoms with Crippen molar-refractivity contribution in [3.63, 3.8) is 0 Å². The molecule has 0 radical (unpaired) electrons. The van der Waals surface area contributed by atoms with Crippen molar-refractivity contribution >= 4 is 0 Å². The molecule has 1 aromatic rings. The van der Waals surface area contributed by atoms with E-state index in [1.807, 2.05) is 30.3 Å². The fraction of sp³-hybridized carbons (Fsp3) is 0.400. The number of rotatable bonds is 5. The highest BCUT2D eigenvalue weighted by Gasteiger charge is 2.04. The Hall–Kier alpha value is -0.900. The van der Waals surface area contributed by atoms with Crippen molar-refractivity contribution in [1.29, 1.82) is 0 Å². The van der Waals surface area contributed by atoms with Crippen molar-refractivity contribution in [3.8, 4) is 0 Å². The number of hydrogen-bond acceptors (Lipinski definition) is 3. The Kier molecular flexibility index (Phi) is 4.46. The van der Waals surface area contributed by atoms with E-state index in [1.54, 1.807) is 0 Å². The lowest BCUT2D eigenvalue weighted by molar-refractivity contribution is 0.164. The summed E-state index contributed by atoms with van der Waals surface area (Å²) >= 11 is 0. The molecule has 0 spiro atoms. The first-order valence-corrected chi connectivity index (χ1v) is 4.51. The normalized spacial score (nSPS) is 12.8. The summed E-state index contributed by atoms with van der Waals surface area (Å²) in [5.41, 5.74) is 3.54. The molecule has 0 aliphatic rings. The molecule has 0 aliphatic carbocycles. The topological polar surface area (TPSA) is 58.3 Å². The third kappa shape index (κ3) is 3.55. The molecule has 0 fully saturated rings. The molecule has 0 saturated heterocycles. The van der Waals surface area contributed by atoms with Crippen LogP contribution in [0, 0.1) is 0 Å². The standard InChI is InChI=1S/C10H16N2O/c11-12-8-4-7-10(13)9-5-2-1-3-6-9/h1-3,5-6,10,12-13H,4,7-8,11H2. The maximum absolute atomic E-state index is 9.68. The second-order valence-corrected chi connectivity index (χ2v) is 3.02. The number of nitrogens with two attached hydrogens (primary N) is 1. The molecule has 0 aliphatic heterocycles. The number of nitrogens with one attached hydrogen (secondary N) is 1. The number of hydrogen-bond donors (Lipinski definition) is 3. The number of benzene rings is 1. The summed E-state index contributed by atoms with van der Waals surface area (Å²) in [4.78, 5) is 0. The molecule has 1 atom stereocenters. The molecule has 3 heteroatoms. The van der Waals surface area contributed by atoms with E-state index in [1.165, 1.54) is 0 Å². The summed E-state index contributed by atoms with van der Waals surface area (Å²) in [6.45, 7) is 0.740. The second-order valence-electron chi connectivity index (χ2n) is 3.02. The van der Waals surface area contributed by atoms with Gasteiger partial charge in [0, 0.05) is 6.54 Å². The zero-order chi connectivity index (χ0) is 9.52. The number of aliphatic hydroxyl groups is 1. The summed E-state index contributed by atoms with van der Waals surface area (Å²) in [7, 11) is 0. The molecular weight excluding hydrogens is 164 g/mol. The highest BCUT2D eigenvalue weighted by molar-refractivity contribution is 5.16. The van der Waals surface area contributed by atoms with Gasteiger partial charge in [0.2, 0.25) is 0 Å². The molecule has 72 valence electrons. The Balaban J connectivity index is 2.35. The van der Waals surface area contributed by atoms with E-state index in [0.29, 0.717) is 0 Å². The molecule has 1 rings (SSSR count). The van der Waals surface area contributed by atoms with Gasteiger partial charge in [0.25, 0.3) is 0 Å². The summed E-state index contributed by atoms with van der Waals surface area (Å²) in [6.07, 6.45) is 1.26. The number of hydrazine groups is 1. The van der Waals surface area contributed by atoms with Crippen LogP contribution in [0.15, 0.2) is 30.3 Å². The molecular formula is C10H16N2O. The molecule has 1 aromatic carbocycles. The lowest BCUT2D eigenvalue weighted by Gasteiger charge is -2.09. The minimum atomic E-state index is -0.366. The van der Waals surface area contributed by atoms with Crippen molar-refractivity contribution in [2.45, 2.75) is 18.9 Å². The molecule has 0 amide bonds. The minimum absolute atomic E-state index is 0.366. The summed E-state index contributed by atoms with van der Waals surface area (Å²) in [6, 6.07) is 9.66. The van der Waals surface area contributed by atoms with Crippen LogP contribution < -0.4 is 11.3 Å². The van der Waals surface area contributed by atoms with Crippen molar-refractivity contribution in [2.75, 3.05) is 6.54 Å². The lowest BCUT2D eigenvalue weighted by Crippen LogP contribution is -2.23. The van der Waals surface area contributed by atoms with Crippen LogP contribution in [0.25, 0.3) is 0 Å². The third-order valence-corrected chi connectivity index (χ3v) is 1.98. The average molecular weight is 180 g/mol. The average Bonchev–Trinajstić information content (AvgIpc) is 2.19. The summed E-state index contributed by atoms with van der Waals surface area (Å²) < 4.78 is 0. The van der Waals surface area contributed by atoms with Crippen LogP contribution in [-0.4, -0.2) is 11.7 Å². The van der Waals surface area contributed by atoms with Gasteiger partial charge in [-0.2, -0.15) is 0 Å². The Morgan fingerprint density at radius 3 is 2.62 bits per heavy atom. The largest absolute Gasteiger partial charge is 0.388 e. The fourth-order valence-electron chi connectivity index (χ4n) is 1.24. The molecule has 0 saturated carbocycles. The van der Waals surface area contributed by atoms with E-state index in [0.717, 1.165) is 24.9 Å². The van der Waals surface area contributed by atoms with Gasteiger partial charge in [-0.05, 0) is 18.4 Å². The summed E-state index contributed by atoms with van der Waals surface area (Å²) in [5.74, 6) is 5.12. The van der Waals surface area contributed by atoms with Crippen LogP contribution in [-0.2, 0) is 0 Å². The van der Waals surface area contributed by atoms with E-state index in [9.17, 15) is 5.11 Å². The van der Waals surface area contributed by atoms with Gasteiger partial charge in [-0.1, -0.05) is 30.3 Å². The van der Waals surface area contributed by atoms with Crippen molar-refractivity contribution in [1.82, 2.24) is 5.43 Å². The maximum atomic E-state index is 9.68. The monoisotopic (exact) mass is 180 g/mol. The van der Waals surface area contributed by atoms with Gasteiger partial charge >= 0.3 is 0 Å². The first-order valence-electron chi connectivity index (χ1n) is 4.51. The lowest BCUT2D eigenvalue weighted by atomic mass is 10.1. The Bertz CT molecular complexity index is 226. The van der Waals surface area contributed by atoms with Crippen LogP contribution in [0.1, 0.15) is 24.5 Å². The van der Waals surface area contributed by atoms with E-state index < -0.39 is 0 Å². The smallest absolute Gasteiger partial charge is 0.0790 e. The third-order valence-electron chi connectivity index (χ3n) is 1.98. The molecule has 1 unspecified atom stereocenters. The van der Waals surface area contributed by atoms with Crippen LogP contribution in [0.5, 0.6) is 0 Å². The van der Waals surface area contributed by atoms with Crippen molar-refractivity contribution in [2.24, 2.45) is 5.84 Å². The van der Waals surface area contributed by atoms with Gasteiger partial charge in [-0.25, -0.2) is 0 Å². The van der Waals surface area contributed by atoms with Crippen LogP contribution in [0.4, 0.5) is 0 Å². The van der Waals surface area contributed by atoms with E-state index in [4.69, 9.17) is 5.84 Å². The zero-order valence-electron chi connectivity index (χ0n) is 7.61. The van der Waals surface area contributed by atoms with Gasteiger partial charge in [-0.3, -0.25) is 11.3 Å². The van der Waals surface area contributed by atoms with Gasteiger partial charge < -0.3 is 5.11 Å². The van der Waals surface area contributed by atoms with Crippen LogP contribution in [0.2, 0.25) is 0 Å². The van der Waals surface area contributed by atoms with Crippen LogP contribution in [0.3, 0.4) is 0 Å². The van der Waals surface area contributed by atoms with E-state index >= 15 is 0 Å². The minimum Gasteiger partial charge on any atom is -0.388 e. The SMILES string of the molecule is NNCCCC(O)c1ccccc1. The molecule has 4 N–H and O–H groups in total. The Labute approximate surface area is 78.5 Å². The molecule has 0 aromatic heterocycles. The molecule has 13 heavy (non-hydrogen) atoms. The first kappa shape index (κ1) is 10.2. The number of aliphatic hydroxyl groups excluding tert-OH is 1. The molecule has 0 heterocycles. The Morgan fingerprint density at radius 2 is 2.00 bits per heavy atom. The van der Waals surface area contributed by atoms with Gasteiger partial charge in [-0.15, -0.1) is 0 Å². The van der Waals surface area contributed by atoms with Crippen molar-refractivity contribution in [3.05, 3.63) is 35.9 Å². The highest BCUT2D eigenvalue weighted by atomic mass is 16.3. The molecule has 0 bridgehead atoms. The maximum Gasteiger partial charge on any atom is 0.0790 e. The quantitative estimate of drug-likeness (QED) is 0.359. The predicted octanol–water partition coefficient (Wildman–Crippen LogP) is 0.964. The summed E-state index contributed by atoms with van der Waals surface area (Å²) in [5, 5.41) is 9.68.